The lowest BCUT2D eigenvalue weighted by molar-refractivity contribution is -0.117. The Kier molecular flexibility index (Phi) is 4.17. The van der Waals surface area contributed by atoms with E-state index in [0.29, 0.717) is 16.3 Å². The molecule has 2 rings (SSSR count). The fourth-order valence-corrected chi connectivity index (χ4v) is 1.96. The molecular formula is C15H13ClFNO. The molecule has 0 atom stereocenters. The van der Waals surface area contributed by atoms with Gasteiger partial charge in [-0.25, -0.2) is 4.39 Å². The third kappa shape index (κ3) is 3.80. The zero-order chi connectivity index (χ0) is 13.8. The van der Waals surface area contributed by atoms with Crippen LogP contribution in [0.5, 0.6) is 0 Å². The first-order valence-electron chi connectivity index (χ1n) is 5.84. The van der Waals surface area contributed by atoms with Crippen LogP contribution < -0.4 is 5.73 Å². The minimum Gasteiger partial charge on any atom is -0.399 e. The minimum absolute atomic E-state index is 0.0500. The lowest BCUT2D eigenvalue weighted by Crippen LogP contribution is -2.08. The number of rotatable bonds is 4. The maximum absolute atomic E-state index is 13.5. The van der Waals surface area contributed by atoms with Gasteiger partial charge in [0.25, 0.3) is 0 Å². The Morgan fingerprint density at radius 3 is 2.42 bits per heavy atom. The molecule has 0 fully saturated rings. The Morgan fingerprint density at radius 1 is 1.11 bits per heavy atom. The Labute approximate surface area is 116 Å². The summed E-state index contributed by atoms with van der Waals surface area (Å²) in [5.74, 6) is -0.496. The van der Waals surface area contributed by atoms with Gasteiger partial charge in [-0.2, -0.15) is 0 Å². The summed E-state index contributed by atoms with van der Waals surface area (Å²) >= 11 is 5.66. The molecule has 2 aromatic rings. The Bertz CT molecular complexity index is 596. The van der Waals surface area contributed by atoms with Crippen LogP contribution in [-0.4, -0.2) is 5.78 Å². The van der Waals surface area contributed by atoms with Crippen molar-refractivity contribution in [1.82, 2.24) is 0 Å². The molecule has 0 radical (unpaired) electrons. The Hall–Kier alpha value is -1.87. The highest BCUT2D eigenvalue weighted by Gasteiger charge is 2.09. The average molecular weight is 278 g/mol. The lowest BCUT2D eigenvalue weighted by atomic mass is 10.0. The highest BCUT2D eigenvalue weighted by atomic mass is 35.5. The molecule has 0 amide bonds. The van der Waals surface area contributed by atoms with Crippen molar-refractivity contribution in [3.63, 3.8) is 0 Å². The quantitative estimate of drug-likeness (QED) is 0.870. The van der Waals surface area contributed by atoms with Crippen molar-refractivity contribution < 1.29 is 9.18 Å². The number of benzene rings is 2. The van der Waals surface area contributed by atoms with E-state index in [2.05, 4.69) is 0 Å². The van der Waals surface area contributed by atoms with E-state index in [0.717, 1.165) is 5.56 Å². The van der Waals surface area contributed by atoms with Crippen LogP contribution in [0.25, 0.3) is 0 Å². The molecular weight excluding hydrogens is 265 g/mol. The van der Waals surface area contributed by atoms with Crippen LogP contribution in [0, 0.1) is 5.82 Å². The van der Waals surface area contributed by atoms with E-state index in [4.69, 9.17) is 17.3 Å². The number of nitrogen functional groups attached to an aromatic ring is 1. The van der Waals surface area contributed by atoms with Crippen LogP contribution in [0.4, 0.5) is 10.1 Å². The van der Waals surface area contributed by atoms with Gasteiger partial charge in [0.15, 0.2) is 0 Å². The first-order valence-corrected chi connectivity index (χ1v) is 6.22. The number of Topliss-reactive ketones (excluding diaryl/α,β-unsaturated/α-hetero) is 1. The fourth-order valence-electron chi connectivity index (χ4n) is 1.80. The second-order valence-electron chi connectivity index (χ2n) is 4.37. The number of nitrogens with two attached hydrogens (primary N) is 1. The van der Waals surface area contributed by atoms with Crippen LogP contribution in [-0.2, 0) is 17.6 Å². The van der Waals surface area contributed by atoms with Gasteiger partial charge in [0.2, 0.25) is 0 Å². The van der Waals surface area contributed by atoms with Gasteiger partial charge < -0.3 is 5.73 Å². The van der Waals surface area contributed by atoms with Crippen molar-refractivity contribution in [2.24, 2.45) is 0 Å². The molecule has 0 aromatic heterocycles. The average Bonchev–Trinajstić information content (AvgIpc) is 2.36. The number of hydrogen-bond donors (Lipinski definition) is 1. The maximum atomic E-state index is 13.5. The van der Waals surface area contributed by atoms with Crippen LogP contribution in [0.2, 0.25) is 5.02 Å². The van der Waals surface area contributed by atoms with Crippen LogP contribution >= 0.6 is 11.6 Å². The molecule has 0 spiro atoms. The van der Waals surface area contributed by atoms with Gasteiger partial charge in [0.1, 0.15) is 11.6 Å². The van der Waals surface area contributed by atoms with Gasteiger partial charge in [-0.1, -0.05) is 29.8 Å². The number of halogens is 2. The predicted molar refractivity (Wildman–Crippen MR) is 74.7 cm³/mol. The van der Waals surface area contributed by atoms with Crippen molar-refractivity contribution in [3.05, 3.63) is 64.4 Å². The molecule has 19 heavy (non-hydrogen) atoms. The van der Waals surface area contributed by atoms with E-state index < -0.39 is 5.82 Å². The number of anilines is 1. The molecule has 0 aliphatic rings. The van der Waals surface area contributed by atoms with Gasteiger partial charge in [-0.05, 0) is 35.4 Å². The first-order chi connectivity index (χ1) is 9.04. The molecule has 0 saturated carbocycles. The van der Waals surface area contributed by atoms with E-state index in [1.165, 1.54) is 6.07 Å². The minimum atomic E-state index is -0.446. The highest BCUT2D eigenvalue weighted by molar-refractivity contribution is 6.30. The van der Waals surface area contributed by atoms with Gasteiger partial charge >= 0.3 is 0 Å². The molecule has 0 aliphatic heterocycles. The number of ketones is 1. The summed E-state index contributed by atoms with van der Waals surface area (Å²) < 4.78 is 13.5. The van der Waals surface area contributed by atoms with Gasteiger partial charge in [-0.15, -0.1) is 0 Å². The topological polar surface area (TPSA) is 43.1 Å². The number of carbonyl (C=O) groups is 1. The van der Waals surface area contributed by atoms with Gasteiger partial charge in [0.05, 0.1) is 0 Å². The lowest BCUT2D eigenvalue weighted by Gasteiger charge is -2.04. The Morgan fingerprint density at radius 2 is 1.79 bits per heavy atom. The molecule has 0 heterocycles. The molecule has 0 saturated heterocycles. The summed E-state index contributed by atoms with van der Waals surface area (Å²) in [4.78, 5) is 11.9. The van der Waals surface area contributed by atoms with Crippen molar-refractivity contribution in [3.8, 4) is 0 Å². The van der Waals surface area contributed by atoms with E-state index >= 15 is 0 Å². The van der Waals surface area contributed by atoms with E-state index in [1.54, 1.807) is 36.4 Å². The van der Waals surface area contributed by atoms with Crippen LogP contribution in [0.1, 0.15) is 11.1 Å². The molecule has 0 aliphatic carbocycles. The third-order valence-electron chi connectivity index (χ3n) is 2.78. The molecule has 4 heteroatoms. The summed E-state index contributed by atoms with van der Waals surface area (Å²) in [7, 11) is 0. The summed E-state index contributed by atoms with van der Waals surface area (Å²) in [5, 5.41) is 0.326. The van der Waals surface area contributed by atoms with Gasteiger partial charge in [0, 0.05) is 23.6 Å². The Balaban J connectivity index is 2.03. The van der Waals surface area contributed by atoms with Crippen LogP contribution in [0.15, 0.2) is 42.5 Å². The van der Waals surface area contributed by atoms with E-state index in [1.807, 2.05) is 0 Å². The molecule has 98 valence electrons. The molecule has 2 N–H and O–H groups in total. The molecule has 2 aromatic carbocycles. The molecule has 0 unspecified atom stereocenters. The molecule has 0 bridgehead atoms. The number of hydrogen-bond acceptors (Lipinski definition) is 2. The van der Waals surface area contributed by atoms with Gasteiger partial charge in [-0.3, -0.25) is 4.79 Å². The largest absolute Gasteiger partial charge is 0.399 e. The number of carbonyl (C=O) groups excluding carboxylic acids is 1. The summed E-state index contributed by atoms with van der Waals surface area (Å²) in [5.41, 5.74) is 7.46. The van der Waals surface area contributed by atoms with Crippen LogP contribution in [0.3, 0.4) is 0 Å². The summed E-state index contributed by atoms with van der Waals surface area (Å²) in [6.07, 6.45) is 0.329. The second kappa shape index (κ2) is 5.85. The SMILES string of the molecule is Nc1ccc(CC(=O)Cc2ccc(Cl)cc2F)cc1. The van der Waals surface area contributed by atoms with E-state index in [-0.39, 0.29) is 18.6 Å². The summed E-state index contributed by atoms with van der Waals surface area (Å²) in [6, 6.07) is 11.4. The summed E-state index contributed by atoms with van der Waals surface area (Å²) in [6.45, 7) is 0. The normalized spacial score (nSPS) is 10.4. The van der Waals surface area contributed by atoms with Crippen molar-refractivity contribution in [2.75, 3.05) is 5.73 Å². The third-order valence-corrected chi connectivity index (χ3v) is 3.02. The zero-order valence-corrected chi connectivity index (χ0v) is 11.0. The maximum Gasteiger partial charge on any atom is 0.141 e. The smallest absolute Gasteiger partial charge is 0.141 e. The van der Waals surface area contributed by atoms with E-state index in [9.17, 15) is 9.18 Å². The van der Waals surface area contributed by atoms with Crippen molar-refractivity contribution in [1.29, 1.82) is 0 Å². The molecule has 2 nitrogen and oxygen atoms in total. The first kappa shape index (κ1) is 13.6. The fraction of sp³-hybridized carbons (Fsp3) is 0.133. The zero-order valence-electron chi connectivity index (χ0n) is 10.2. The van der Waals surface area contributed by atoms with Crippen molar-refractivity contribution >= 4 is 23.1 Å². The standard InChI is InChI=1S/C15H13ClFNO/c16-12-4-3-11(15(17)9-12)8-14(19)7-10-1-5-13(18)6-2-10/h1-6,9H,7-8,18H2. The monoisotopic (exact) mass is 277 g/mol. The predicted octanol–water partition coefficient (Wildman–Crippen LogP) is 3.42. The van der Waals surface area contributed by atoms with Crippen molar-refractivity contribution in [2.45, 2.75) is 12.8 Å². The highest BCUT2D eigenvalue weighted by Crippen LogP contribution is 2.16. The second-order valence-corrected chi connectivity index (χ2v) is 4.81.